The van der Waals surface area contributed by atoms with Crippen LogP contribution >= 0.6 is 11.6 Å². The van der Waals surface area contributed by atoms with E-state index in [-0.39, 0.29) is 28.8 Å². The molecular formula is C25H32ClNO3. The minimum Gasteiger partial charge on any atom is -0.508 e. The fourth-order valence-electron chi connectivity index (χ4n) is 7.32. The van der Waals surface area contributed by atoms with Crippen molar-refractivity contribution in [3.05, 3.63) is 46.4 Å². The Labute approximate surface area is 183 Å². The molecule has 162 valence electrons. The van der Waals surface area contributed by atoms with Crippen LogP contribution in [-0.4, -0.2) is 22.7 Å². The number of allylic oxidation sites excluding steroid dienone is 7. The van der Waals surface area contributed by atoms with Gasteiger partial charge in [-0.1, -0.05) is 29.3 Å². The molecule has 1 amide bonds. The highest BCUT2D eigenvalue weighted by atomic mass is 35.5. The first-order valence-corrected chi connectivity index (χ1v) is 11.9. The van der Waals surface area contributed by atoms with Crippen LogP contribution in [0.1, 0.15) is 64.2 Å². The predicted molar refractivity (Wildman–Crippen MR) is 118 cm³/mol. The third-order valence-corrected chi connectivity index (χ3v) is 8.66. The van der Waals surface area contributed by atoms with Crippen LogP contribution in [-0.2, 0) is 4.79 Å². The van der Waals surface area contributed by atoms with E-state index >= 15 is 0 Å². The van der Waals surface area contributed by atoms with Crippen molar-refractivity contribution in [2.75, 3.05) is 6.54 Å². The van der Waals surface area contributed by atoms with E-state index in [0.29, 0.717) is 30.2 Å². The van der Waals surface area contributed by atoms with E-state index in [4.69, 9.17) is 11.6 Å². The number of carbonyl (C=O) groups is 1. The van der Waals surface area contributed by atoms with Gasteiger partial charge in [0, 0.05) is 18.0 Å². The second-order valence-electron chi connectivity index (χ2n) is 10.6. The average Bonchev–Trinajstić information content (AvgIpc) is 2.69. The molecule has 5 heteroatoms. The number of amides is 1. The zero-order valence-electron chi connectivity index (χ0n) is 17.5. The standard InChI is InChI=1S/C25H32ClNO3/c26-20-4-2-18(3-5-20)19-9-17-11-24(13-19)14-25(12-17,15-24)23(30)27-8-7-16-1-6-21(28)22(29)10-16/h1-2,4,6,16-17,19,28-29H,3,5,7-15H2,(H,27,30). The molecule has 1 spiro atoms. The Morgan fingerprint density at radius 1 is 1.17 bits per heavy atom. The first kappa shape index (κ1) is 20.2. The van der Waals surface area contributed by atoms with E-state index in [1.807, 2.05) is 6.08 Å². The molecule has 6 aliphatic rings. The lowest BCUT2D eigenvalue weighted by Gasteiger charge is -2.66. The SMILES string of the molecule is O=C(NCCC1C=CC(O)=C(O)C1)C12CC3CC(C4=CC=C(Cl)CC4)CC(C3)(C1)C2. The molecule has 30 heavy (non-hydrogen) atoms. The Kier molecular flexibility index (Phi) is 5.04. The molecule has 0 aromatic rings. The van der Waals surface area contributed by atoms with Gasteiger partial charge in [0.2, 0.25) is 5.91 Å². The van der Waals surface area contributed by atoms with Crippen LogP contribution in [0.2, 0.25) is 0 Å². The third kappa shape index (κ3) is 3.62. The monoisotopic (exact) mass is 429 g/mol. The van der Waals surface area contributed by atoms with Crippen LogP contribution in [0.25, 0.3) is 0 Å². The maximum atomic E-state index is 13.1. The lowest BCUT2D eigenvalue weighted by Crippen LogP contribution is -2.62. The average molecular weight is 430 g/mol. The largest absolute Gasteiger partial charge is 0.508 e. The second kappa shape index (κ2) is 7.47. The minimum absolute atomic E-state index is 0.0379. The molecule has 3 unspecified atom stereocenters. The summed E-state index contributed by atoms with van der Waals surface area (Å²) in [7, 11) is 0. The molecular weight excluding hydrogens is 398 g/mol. The van der Waals surface area contributed by atoms with Gasteiger partial charge in [0.05, 0.1) is 5.41 Å². The molecule has 3 N–H and O–H groups in total. The van der Waals surface area contributed by atoms with Crippen LogP contribution in [0, 0.1) is 28.6 Å². The van der Waals surface area contributed by atoms with Gasteiger partial charge in [-0.15, -0.1) is 0 Å². The lowest BCUT2D eigenvalue weighted by molar-refractivity contribution is -0.178. The van der Waals surface area contributed by atoms with Crippen LogP contribution in [0.3, 0.4) is 0 Å². The number of aliphatic hydroxyl groups excluding tert-OH is 2. The smallest absolute Gasteiger partial charge is 0.226 e. The van der Waals surface area contributed by atoms with Crippen molar-refractivity contribution in [1.82, 2.24) is 5.32 Å². The van der Waals surface area contributed by atoms with Gasteiger partial charge >= 0.3 is 0 Å². The number of hydrogen-bond donors (Lipinski definition) is 3. The maximum absolute atomic E-state index is 13.1. The first-order chi connectivity index (χ1) is 14.4. The summed E-state index contributed by atoms with van der Waals surface area (Å²) in [5, 5.41) is 23.3. The van der Waals surface area contributed by atoms with Crippen LogP contribution < -0.4 is 5.32 Å². The predicted octanol–water partition coefficient (Wildman–Crippen LogP) is 5.83. The number of nitrogens with one attached hydrogen (secondary N) is 1. The number of halogens is 1. The van der Waals surface area contributed by atoms with E-state index in [9.17, 15) is 15.0 Å². The number of carbonyl (C=O) groups excluding carboxylic acids is 1. The van der Waals surface area contributed by atoms with Crippen molar-refractivity contribution in [2.45, 2.75) is 64.2 Å². The van der Waals surface area contributed by atoms with Crippen LogP contribution in [0.15, 0.2) is 46.4 Å². The third-order valence-electron chi connectivity index (χ3n) is 8.34. The van der Waals surface area contributed by atoms with Crippen molar-refractivity contribution < 1.29 is 15.0 Å². The number of rotatable bonds is 5. The van der Waals surface area contributed by atoms with Gasteiger partial charge in [-0.05, 0) is 93.1 Å². The molecule has 3 atom stereocenters. The molecule has 6 aliphatic carbocycles. The summed E-state index contributed by atoms with van der Waals surface area (Å²) >= 11 is 6.15. The van der Waals surface area contributed by atoms with E-state index in [1.165, 1.54) is 19.3 Å². The maximum Gasteiger partial charge on any atom is 0.226 e. The summed E-state index contributed by atoms with van der Waals surface area (Å²) in [4.78, 5) is 13.1. The van der Waals surface area contributed by atoms with Crippen molar-refractivity contribution in [3.63, 3.8) is 0 Å². The van der Waals surface area contributed by atoms with Gasteiger partial charge in [-0.2, -0.15) is 0 Å². The van der Waals surface area contributed by atoms with Crippen molar-refractivity contribution in [2.24, 2.45) is 28.6 Å². The molecule has 0 aromatic carbocycles. The molecule has 4 fully saturated rings. The Morgan fingerprint density at radius 3 is 2.70 bits per heavy atom. The van der Waals surface area contributed by atoms with E-state index in [2.05, 4.69) is 17.5 Å². The number of hydrogen-bond acceptors (Lipinski definition) is 3. The van der Waals surface area contributed by atoms with E-state index in [0.717, 1.165) is 43.6 Å². The van der Waals surface area contributed by atoms with Gasteiger partial charge in [-0.3, -0.25) is 4.79 Å². The molecule has 0 saturated heterocycles. The van der Waals surface area contributed by atoms with E-state index < -0.39 is 0 Å². The van der Waals surface area contributed by atoms with Crippen LogP contribution in [0.4, 0.5) is 0 Å². The highest BCUT2D eigenvalue weighted by Gasteiger charge is 2.65. The van der Waals surface area contributed by atoms with Crippen molar-refractivity contribution in [1.29, 1.82) is 0 Å². The molecule has 4 nitrogen and oxygen atoms in total. The Balaban J connectivity index is 1.15. The van der Waals surface area contributed by atoms with Crippen molar-refractivity contribution in [3.8, 4) is 0 Å². The fourth-order valence-corrected chi connectivity index (χ4v) is 7.47. The van der Waals surface area contributed by atoms with Crippen LogP contribution in [0.5, 0.6) is 0 Å². The molecule has 0 aliphatic heterocycles. The minimum atomic E-state index is -0.138. The normalized spacial score (nSPS) is 39.7. The number of aliphatic hydroxyl groups is 2. The molecule has 0 aromatic heterocycles. The van der Waals surface area contributed by atoms with E-state index in [1.54, 1.807) is 11.6 Å². The summed E-state index contributed by atoms with van der Waals surface area (Å²) in [6.07, 6.45) is 18.1. The molecule has 0 heterocycles. The van der Waals surface area contributed by atoms with Gasteiger partial charge in [0.1, 0.15) is 5.76 Å². The molecule has 3 bridgehead atoms. The summed E-state index contributed by atoms with van der Waals surface area (Å²) in [6.45, 7) is 0.629. The van der Waals surface area contributed by atoms with Gasteiger partial charge in [-0.25, -0.2) is 0 Å². The molecule has 0 radical (unpaired) electrons. The fraction of sp³-hybridized carbons (Fsp3) is 0.640. The zero-order valence-corrected chi connectivity index (χ0v) is 18.3. The Morgan fingerprint density at radius 2 is 2.00 bits per heavy atom. The van der Waals surface area contributed by atoms with Gasteiger partial charge < -0.3 is 15.5 Å². The Bertz CT molecular complexity index is 856. The summed E-state index contributed by atoms with van der Waals surface area (Å²) in [6, 6.07) is 0. The zero-order chi connectivity index (χ0) is 20.9. The highest BCUT2D eigenvalue weighted by Crippen LogP contribution is 2.71. The topological polar surface area (TPSA) is 69.6 Å². The lowest BCUT2D eigenvalue weighted by atomic mass is 9.38. The quantitative estimate of drug-likeness (QED) is 0.515. The van der Waals surface area contributed by atoms with Gasteiger partial charge in [0.25, 0.3) is 0 Å². The Hall–Kier alpha value is -1.68. The summed E-state index contributed by atoms with van der Waals surface area (Å²) in [5.41, 5.74) is 1.83. The highest BCUT2D eigenvalue weighted by molar-refractivity contribution is 6.29. The molecule has 6 rings (SSSR count). The first-order valence-electron chi connectivity index (χ1n) is 11.5. The summed E-state index contributed by atoms with van der Waals surface area (Å²) in [5.74, 6) is 1.78. The molecule has 4 saturated carbocycles. The van der Waals surface area contributed by atoms with Crippen molar-refractivity contribution >= 4 is 17.5 Å². The second-order valence-corrected chi connectivity index (χ2v) is 11.1. The summed E-state index contributed by atoms with van der Waals surface area (Å²) < 4.78 is 0. The van der Waals surface area contributed by atoms with Gasteiger partial charge in [0.15, 0.2) is 5.76 Å².